The van der Waals surface area contributed by atoms with E-state index >= 15 is 0 Å². The van der Waals surface area contributed by atoms with Gasteiger partial charge in [-0.05, 0) is 50.6 Å². The van der Waals surface area contributed by atoms with Gasteiger partial charge >= 0.3 is 0 Å². The van der Waals surface area contributed by atoms with Gasteiger partial charge in [-0.25, -0.2) is 0 Å². The lowest BCUT2D eigenvalue weighted by Crippen LogP contribution is -2.40. The number of nitrogens with one attached hydrogen (secondary N) is 1. The minimum atomic E-state index is 0.482. The summed E-state index contributed by atoms with van der Waals surface area (Å²) < 4.78 is 0. The summed E-state index contributed by atoms with van der Waals surface area (Å²) in [6, 6.07) is 1.70. The number of nitrogens with zero attached hydrogens (tertiary/aromatic N) is 1. The van der Waals surface area contributed by atoms with E-state index in [2.05, 4.69) is 31.0 Å². The molecule has 1 atom stereocenters. The van der Waals surface area contributed by atoms with Crippen molar-refractivity contribution in [1.82, 2.24) is 10.2 Å². The zero-order valence-electron chi connectivity index (χ0n) is 11.3. The Morgan fingerprint density at radius 1 is 1.19 bits per heavy atom. The van der Waals surface area contributed by atoms with Gasteiger partial charge in [-0.1, -0.05) is 20.8 Å². The summed E-state index contributed by atoms with van der Waals surface area (Å²) in [5.74, 6) is 0. The Kier molecular flexibility index (Phi) is 3.91. The summed E-state index contributed by atoms with van der Waals surface area (Å²) in [7, 11) is 0. The smallest absolute Gasteiger partial charge is 0.0195 e. The van der Waals surface area contributed by atoms with Crippen molar-refractivity contribution in [3.05, 3.63) is 0 Å². The molecule has 1 unspecified atom stereocenters. The van der Waals surface area contributed by atoms with E-state index in [0.717, 1.165) is 12.1 Å². The first-order valence-corrected chi connectivity index (χ1v) is 7.02. The van der Waals surface area contributed by atoms with Crippen LogP contribution in [0.4, 0.5) is 0 Å². The summed E-state index contributed by atoms with van der Waals surface area (Å²) in [6.45, 7) is 10.9. The Morgan fingerprint density at radius 2 is 1.94 bits per heavy atom. The van der Waals surface area contributed by atoms with Crippen molar-refractivity contribution < 1.29 is 0 Å². The summed E-state index contributed by atoms with van der Waals surface area (Å²) in [5.41, 5.74) is 0.482. The van der Waals surface area contributed by atoms with E-state index in [1.54, 1.807) is 0 Å². The molecule has 0 aromatic rings. The summed E-state index contributed by atoms with van der Waals surface area (Å²) >= 11 is 0. The fraction of sp³-hybridized carbons (Fsp3) is 1.00. The quantitative estimate of drug-likeness (QED) is 0.772. The molecule has 1 aliphatic heterocycles. The van der Waals surface area contributed by atoms with Crippen LogP contribution in [0.25, 0.3) is 0 Å². The molecule has 94 valence electrons. The molecule has 1 aliphatic carbocycles. The highest BCUT2D eigenvalue weighted by Crippen LogP contribution is 2.29. The van der Waals surface area contributed by atoms with Gasteiger partial charge in [-0.2, -0.15) is 0 Å². The van der Waals surface area contributed by atoms with E-state index in [9.17, 15) is 0 Å². The lowest BCUT2D eigenvalue weighted by atomic mass is 9.92. The molecule has 1 heterocycles. The van der Waals surface area contributed by atoms with Gasteiger partial charge in [0.25, 0.3) is 0 Å². The molecule has 0 aromatic carbocycles. The molecular formula is C14H28N2. The van der Waals surface area contributed by atoms with Gasteiger partial charge in [-0.15, -0.1) is 0 Å². The standard InChI is InChI=1S/C14H28N2/c1-14(2,3)8-10-16(13-6-7-13)11-12-5-4-9-15-12/h12-13,15H,4-11H2,1-3H3. The van der Waals surface area contributed by atoms with E-state index in [1.807, 2.05) is 0 Å². The van der Waals surface area contributed by atoms with Crippen LogP contribution in [0.5, 0.6) is 0 Å². The minimum absolute atomic E-state index is 0.482. The maximum Gasteiger partial charge on any atom is 0.0195 e. The van der Waals surface area contributed by atoms with Gasteiger partial charge < -0.3 is 5.32 Å². The van der Waals surface area contributed by atoms with Crippen LogP contribution in [0.2, 0.25) is 0 Å². The first-order chi connectivity index (χ1) is 7.54. The van der Waals surface area contributed by atoms with E-state index in [4.69, 9.17) is 0 Å². The third-order valence-electron chi connectivity index (χ3n) is 3.83. The summed E-state index contributed by atoms with van der Waals surface area (Å²) in [6.07, 6.45) is 6.98. The van der Waals surface area contributed by atoms with E-state index < -0.39 is 0 Å². The van der Waals surface area contributed by atoms with E-state index in [0.29, 0.717) is 5.41 Å². The fourth-order valence-electron chi connectivity index (χ4n) is 2.54. The number of hydrogen-bond donors (Lipinski definition) is 1. The first kappa shape index (κ1) is 12.4. The lowest BCUT2D eigenvalue weighted by Gasteiger charge is -2.29. The molecule has 2 heteroatoms. The summed E-state index contributed by atoms with van der Waals surface area (Å²) in [5, 5.41) is 3.63. The van der Waals surface area contributed by atoms with Gasteiger partial charge in [0.1, 0.15) is 0 Å². The minimum Gasteiger partial charge on any atom is -0.313 e. The van der Waals surface area contributed by atoms with E-state index in [1.165, 1.54) is 51.7 Å². The van der Waals surface area contributed by atoms with Gasteiger partial charge in [0.15, 0.2) is 0 Å². The molecule has 0 aromatic heterocycles. The maximum absolute atomic E-state index is 3.63. The second-order valence-electron chi connectivity index (χ2n) is 6.83. The van der Waals surface area contributed by atoms with Crippen LogP contribution in [0, 0.1) is 5.41 Å². The highest BCUT2D eigenvalue weighted by molar-refractivity contribution is 4.88. The molecule has 1 saturated carbocycles. The topological polar surface area (TPSA) is 15.3 Å². The highest BCUT2D eigenvalue weighted by atomic mass is 15.2. The Labute approximate surface area is 101 Å². The van der Waals surface area contributed by atoms with Crippen LogP contribution in [-0.2, 0) is 0 Å². The van der Waals surface area contributed by atoms with Crippen molar-refractivity contribution in [2.45, 2.75) is 65.0 Å². The molecule has 0 spiro atoms. The van der Waals surface area contributed by atoms with Gasteiger partial charge in [0, 0.05) is 18.6 Å². The third kappa shape index (κ3) is 4.06. The molecule has 2 aliphatic rings. The SMILES string of the molecule is CC(C)(C)CCN(CC1CCCN1)C1CC1. The van der Waals surface area contributed by atoms with Crippen molar-refractivity contribution in [3.63, 3.8) is 0 Å². The van der Waals surface area contributed by atoms with Gasteiger partial charge in [0.05, 0.1) is 0 Å². The molecule has 2 rings (SSSR count). The lowest BCUT2D eigenvalue weighted by molar-refractivity contribution is 0.203. The van der Waals surface area contributed by atoms with Crippen LogP contribution in [0.15, 0.2) is 0 Å². The van der Waals surface area contributed by atoms with Crippen molar-refractivity contribution in [1.29, 1.82) is 0 Å². The summed E-state index contributed by atoms with van der Waals surface area (Å²) in [4.78, 5) is 2.74. The van der Waals surface area contributed by atoms with Crippen molar-refractivity contribution in [2.75, 3.05) is 19.6 Å². The molecule has 2 nitrogen and oxygen atoms in total. The second-order valence-corrected chi connectivity index (χ2v) is 6.83. The van der Waals surface area contributed by atoms with Gasteiger partial charge in [-0.3, -0.25) is 4.90 Å². The van der Waals surface area contributed by atoms with Crippen LogP contribution < -0.4 is 5.32 Å². The largest absolute Gasteiger partial charge is 0.313 e. The number of rotatable bonds is 5. The second kappa shape index (κ2) is 5.05. The maximum atomic E-state index is 3.63. The predicted molar refractivity (Wildman–Crippen MR) is 69.7 cm³/mol. The molecule has 0 radical (unpaired) electrons. The molecule has 2 fully saturated rings. The Bertz CT molecular complexity index is 209. The van der Waals surface area contributed by atoms with Crippen LogP contribution in [-0.4, -0.2) is 36.6 Å². The average Bonchev–Trinajstić information content (AvgIpc) is 2.90. The molecule has 1 N–H and O–H groups in total. The first-order valence-electron chi connectivity index (χ1n) is 7.02. The zero-order valence-corrected chi connectivity index (χ0v) is 11.3. The van der Waals surface area contributed by atoms with Crippen molar-refractivity contribution >= 4 is 0 Å². The fourth-order valence-corrected chi connectivity index (χ4v) is 2.54. The van der Waals surface area contributed by atoms with E-state index in [-0.39, 0.29) is 0 Å². The Morgan fingerprint density at radius 3 is 2.44 bits per heavy atom. The highest BCUT2D eigenvalue weighted by Gasteiger charge is 2.31. The molecule has 0 bridgehead atoms. The average molecular weight is 224 g/mol. The monoisotopic (exact) mass is 224 g/mol. The number of hydrogen-bond acceptors (Lipinski definition) is 2. The molecular weight excluding hydrogens is 196 g/mol. The van der Waals surface area contributed by atoms with Gasteiger partial charge in [0.2, 0.25) is 0 Å². The zero-order chi connectivity index (χ0) is 11.6. The third-order valence-corrected chi connectivity index (χ3v) is 3.83. The van der Waals surface area contributed by atoms with Crippen molar-refractivity contribution in [3.8, 4) is 0 Å². The van der Waals surface area contributed by atoms with Crippen molar-refractivity contribution in [2.24, 2.45) is 5.41 Å². The van der Waals surface area contributed by atoms with Crippen LogP contribution >= 0.6 is 0 Å². The normalized spacial score (nSPS) is 26.6. The Hall–Kier alpha value is -0.0800. The molecule has 1 saturated heterocycles. The van der Waals surface area contributed by atoms with Crippen LogP contribution in [0.3, 0.4) is 0 Å². The molecule has 0 amide bonds. The molecule has 16 heavy (non-hydrogen) atoms. The van der Waals surface area contributed by atoms with Crippen LogP contribution in [0.1, 0.15) is 52.9 Å². The Balaban J connectivity index is 1.75. The predicted octanol–water partition coefficient (Wildman–Crippen LogP) is 2.64.